The first kappa shape index (κ1) is 15.4. The first-order valence-corrected chi connectivity index (χ1v) is 5.72. The maximum atomic E-state index is 11.2. The average Bonchev–Trinajstić information content (AvgIpc) is 2.23. The molecule has 1 N–H and O–H groups in total. The highest BCUT2D eigenvalue weighted by atomic mass is 16.5. The molecule has 0 bridgehead atoms. The molecule has 0 fully saturated rings. The normalized spacial score (nSPS) is 15.8. The van der Waals surface area contributed by atoms with Gasteiger partial charge in [-0.2, -0.15) is 0 Å². The highest BCUT2D eigenvalue weighted by Gasteiger charge is 2.35. The number of carbonyl (C=O) groups is 1. The Labute approximate surface area is 97.9 Å². The Hall–Kier alpha value is -0.610. The predicted octanol–water partition coefficient (Wildman–Crippen LogP) is 2.32. The summed E-state index contributed by atoms with van der Waals surface area (Å²) in [6, 6.07) is 0. The van der Waals surface area contributed by atoms with Gasteiger partial charge in [0, 0.05) is 6.61 Å². The van der Waals surface area contributed by atoms with E-state index in [9.17, 15) is 4.79 Å². The first-order chi connectivity index (χ1) is 7.27. The first-order valence-electron chi connectivity index (χ1n) is 5.72. The quantitative estimate of drug-likeness (QED) is 0.697. The van der Waals surface area contributed by atoms with Crippen LogP contribution in [-0.2, 0) is 14.3 Å². The lowest BCUT2D eigenvalue weighted by Gasteiger charge is -2.30. The molecule has 0 radical (unpaired) electrons. The second-order valence-corrected chi connectivity index (χ2v) is 4.90. The van der Waals surface area contributed by atoms with E-state index in [1.54, 1.807) is 6.92 Å². The summed E-state index contributed by atoms with van der Waals surface area (Å²) in [5.41, 5.74) is -1.26. The van der Waals surface area contributed by atoms with Gasteiger partial charge in [0.15, 0.2) is 0 Å². The van der Waals surface area contributed by atoms with Gasteiger partial charge in [0.05, 0.1) is 18.8 Å². The van der Waals surface area contributed by atoms with Crippen LogP contribution in [-0.4, -0.2) is 36.5 Å². The summed E-state index contributed by atoms with van der Waals surface area (Å²) in [6.07, 6.45) is 0.845. The number of aliphatic carboxylic acids is 1. The number of hydrogen-bond acceptors (Lipinski definition) is 3. The molecule has 96 valence electrons. The molecule has 0 heterocycles. The van der Waals surface area contributed by atoms with Crippen molar-refractivity contribution in [3.63, 3.8) is 0 Å². The Bertz CT molecular complexity index is 225. The molecule has 0 saturated carbocycles. The smallest absolute Gasteiger partial charge is 0.314 e. The van der Waals surface area contributed by atoms with Gasteiger partial charge in [-0.3, -0.25) is 4.79 Å². The Morgan fingerprint density at radius 2 is 1.75 bits per heavy atom. The fraction of sp³-hybridized carbons (Fsp3) is 0.917. The van der Waals surface area contributed by atoms with Crippen molar-refractivity contribution in [2.24, 2.45) is 5.41 Å². The maximum Gasteiger partial charge on any atom is 0.314 e. The van der Waals surface area contributed by atoms with Crippen molar-refractivity contribution in [1.29, 1.82) is 0 Å². The Kier molecular flexibility index (Phi) is 5.97. The number of hydrogen-bond donors (Lipinski definition) is 1. The molecule has 16 heavy (non-hydrogen) atoms. The lowest BCUT2D eigenvalue weighted by molar-refractivity contribution is -0.161. The molecule has 0 aromatic carbocycles. The summed E-state index contributed by atoms with van der Waals surface area (Å²) in [4.78, 5) is 11.2. The fourth-order valence-corrected chi connectivity index (χ4v) is 0.949. The summed E-state index contributed by atoms with van der Waals surface area (Å²) in [5.74, 6) is -0.882. The molecule has 4 heteroatoms. The van der Waals surface area contributed by atoms with E-state index in [1.165, 1.54) is 0 Å². The van der Waals surface area contributed by atoms with Crippen LogP contribution in [0.2, 0.25) is 0 Å². The molecule has 0 rings (SSSR count). The topological polar surface area (TPSA) is 55.8 Å². The van der Waals surface area contributed by atoms with Gasteiger partial charge in [-0.05, 0) is 34.1 Å². The van der Waals surface area contributed by atoms with Crippen LogP contribution in [0.4, 0.5) is 0 Å². The second kappa shape index (κ2) is 6.21. The van der Waals surface area contributed by atoms with Crippen LogP contribution in [0.15, 0.2) is 0 Å². The molecule has 0 aliphatic heterocycles. The van der Waals surface area contributed by atoms with Crippen LogP contribution in [0.1, 0.15) is 41.0 Å². The van der Waals surface area contributed by atoms with Crippen molar-refractivity contribution < 1.29 is 19.4 Å². The Morgan fingerprint density at radius 1 is 1.19 bits per heavy atom. The second-order valence-electron chi connectivity index (χ2n) is 4.90. The Morgan fingerprint density at radius 3 is 2.12 bits per heavy atom. The molecule has 0 aromatic rings. The van der Waals surface area contributed by atoms with E-state index in [0.717, 1.165) is 6.42 Å². The van der Waals surface area contributed by atoms with E-state index >= 15 is 0 Å². The third-order valence-corrected chi connectivity index (χ3v) is 2.77. The molecule has 0 spiro atoms. The summed E-state index contributed by atoms with van der Waals surface area (Å²) in [7, 11) is 0. The lowest BCUT2D eigenvalue weighted by atomic mass is 9.92. The van der Waals surface area contributed by atoms with Gasteiger partial charge in [-0.25, -0.2) is 0 Å². The van der Waals surface area contributed by atoms with Gasteiger partial charge in [-0.15, -0.1) is 0 Å². The zero-order chi connectivity index (χ0) is 12.8. The van der Waals surface area contributed by atoms with Crippen molar-refractivity contribution in [2.45, 2.75) is 46.6 Å². The van der Waals surface area contributed by atoms with Crippen LogP contribution in [0.3, 0.4) is 0 Å². The van der Waals surface area contributed by atoms with Crippen molar-refractivity contribution in [3.05, 3.63) is 0 Å². The molecule has 0 aromatic heterocycles. The van der Waals surface area contributed by atoms with Gasteiger partial charge in [-0.1, -0.05) is 6.92 Å². The summed E-state index contributed by atoms with van der Waals surface area (Å²) >= 11 is 0. The highest BCUT2D eigenvalue weighted by molar-refractivity contribution is 5.74. The standard InChI is InChI=1S/C12H24O4/c1-6-11(3,4)16-9-12(5,10(13)14)8-15-7-2/h6-9H2,1-5H3,(H,13,14). The molecule has 0 aliphatic rings. The minimum atomic E-state index is -0.970. The fourth-order valence-electron chi connectivity index (χ4n) is 0.949. The highest BCUT2D eigenvalue weighted by Crippen LogP contribution is 2.23. The van der Waals surface area contributed by atoms with Crippen molar-refractivity contribution in [1.82, 2.24) is 0 Å². The zero-order valence-electron chi connectivity index (χ0n) is 11.0. The van der Waals surface area contributed by atoms with Crippen LogP contribution in [0.25, 0.3) is 0 Å². The monoisotopic (exact) mass is 232 g/mol. The van der Waals surface area contributed by atoms with Gasteiger partial charge in [0.1, 0.15) is 5.41 Å². The minimum absolute atomic E-state index is 0.170. The van der Waals surface area contributed by atoms with Crippen molar-refractivity contribution in [3.8, 4) is 0 Å². The van der Waals surface area contributed by atoms with E-state index < -0.39 is 11.4 Å². The van der Waals surface area contributed by atoms with Crippen molar-refractivity contribution >= 4 is 5.97 Å². The number of carboxylic acid groups (broad SMARTS) is 1. The molecular weight excluding hydrogens is 208 g/mol. The van der Waals surface area contributed by atoms with Gasteiger partial charge >= 0.3 is 5.97 Å². The third-order valence-electron chi connectivity index (χ3n) is 2.77. The minimum Gasteiger partial charge on any atom is -0.481 e. The zero-order valence-corrected chi connectivity index (χ0v) is 11.0. The van der Waals surface area contributed by atoms with Gasteiger partial charge in [0.25, 0.3) is 0 Å². The SMILES string of the molecule is CCOCC(C)(COC(C)(C)CC)C(=O)O. The number of carboxylic acids is 1. The Balaban J connectivity index is 4.39. The molecule has 1 unspecified atom stereocenters. The van der Waals surface area contributed by atoms with Crippen LogP contribution in [0, 0.1) is 5.41 Å². The molecule has 4 nitrogen and oxygen atoms in total. The third kappa shape index (κ3) is 4.94. The lowest BCUT2D eigenvalue weighted by Crippen LogP contribution is -2.40. The van der Waals surface area contributed by atoms with Gasteiger partial charge < -0.3 is 14.6 Å². The molecule has 0 amide bonds. The number of ether oxygens (including phenoxy) is 2. The largest absolute Gasteiger partial charge is 0.481 e. The maximum absolute atomic E-state index is 11.2. The van der Waals surface area contributed by atoms with E-state index in [1.807, 2.05) is 27.7 Å². The van der Waals surface area contributed by atoms with E-state index in [2.05, 4.69) is 0 Å². The molecule has 1 atom stereocenters. The number of rotatable bonds is 8. The summed E-state index contributed by atoms with van der Waals surface area (Å²) < 4.78 is 10.8. The van der Waals surface area contributed by atoms with Crippen LogP contribution in [0.5, 0.6) is 0 Å². The average molecular weight is 232 g/mol. The van der Waals surface area contributed by atoms with Gasteiger partial charge in [0.2, 0.25) is 0 Å². The molecule has 0 aliphatic carbocycles. The van der Waals surface area contributed by atoms with Crippen molar-refractivity contribution in [2.75, 3.05) is 19.8 Å². The summed E-state index contributed by atoms with van der Waals surface area (Å²) in [6.45, 7) is 10.3. The van der Waals surface area contributed by atoms with E-state index in [4.69, 9.17) is 14.6 Å². The molecular formula is C12H24O4. The van der Waals surface area contributed by atoms with Crippen LogP contribution < -0.4 is 0 Å². The van der Waals surface area contributed by atoms with Crippen LogP contribution >= 0.6 is 0 Å². The van der Waals surface area contributed by atoms with E-state index in [0.29, 0.717) is 6.61 Å². The molecule has 0 saturated heterocycles. The summed E-state index contributed by atoms with van der Waals surface area (Å²) in [5, 5.41) is 9.17. The predicted molar refractivity (Wildman–Crippen MR) is 62.6 cm³/mol. The van der Waals surface area contributed by atoms with E-state index in [-0.39, 0.29) is 18.8 Å².